The molecule has 0 heterocycles. The lowest BCUT2D eigenvalue weighted by Crippen LogP contribution is -2.26. The van der Waals surface area contributed by atoms with Gasteiger partial charge in [-0.1, -0.05) is 30.3 Å². The number of hydrogen-bond acceptors (Lipinski definition) is 3. The number of benzene rings is 2. The maximum atomic E-state index is 12.3. The van der Waals surface area contributed by atoms with Crippen molar-refractivity contribution in [2.75, 3.05) is 11.1 Å². The third-order valence-electron chi connectivity index (χ3n) is 3.32. The van der Waals surface area contributed by atoms with Crippen LogP contribution in [0.1, 0.15) is 15.9 Å². The highest BCUT2D eigenvalue weighted by atomic mass is 32.1. The van der Waals surface area contributed by atoms with Gasteiger partial charge >= 0.3 is 5.97 Å². The zero-order valence-electron chi connectivity index (χ0n) is 11.9. The minimum atomic E-state index is -0.991. The molecule has 0 fully saturated rings. The van der Waals surface area contributed by atoms with Crippen LogP contribution in [0.3, 0.4) is 0 Å². The number of rotatable bonds is 6. The first-order chi connectivity index (χ1) is 10.6. The van der Waals surface area contributed by atoms with Crippen molar-refractivity contribution in [1.82, 2.24) is 0 Å². The van der Waals surface area contributed by atoms with Crippen molar-refractivity contribution in [2.45, 2.75) is 6.42 Å². The Morgan fingerprint density at radius 2 is 1.68 bits per heavy atom. The second-order valence-corrected chi connectivity index (χ2v) is 5.31. The topological polar surface area (TPSA) is 66.4 Å². The first-order valence-electron chi connectivity index (χ1n) is 6.89. The Morgan fingerprint density at radius 3 is 2.23 bits per heavy atom. The fourth-order valence-corrected chi connectivity index (χ4v) is 2.37. The van der Waals surface area contributed by atoms with Crippen LogP contribution in [0.15, 0.2) is 54.6 Å². The molecule has 1 atom stereocenters. The molecule has 2 aromatic rings. The molecule has 0 saturated heterocycles. The molecule has 114 valence electrons. The third-order valence-corrected chi connectivity index (χ3v) is 3.76. The number of amides is 1. The Balaban J connectivity index is 2.01. The monoisotopic (exact) mass is 315 g/mol. The van der Waals surface area contributed by atoms with E-state index in [1.165, 1.54) is 12.1 Å². The van der Waals surface area contributed by atoms with Crippen LogP contribution in [-0.4, -0.2) is 22.7 Å². The Kier molecular flexibility index (Phi) is 5.61. The fraction of sp³-hybridized carbons (Fsp3) is 0.176. The van der Waals surface area contributed by atoms with Gasteiger partial charge in [0.05, 0.1) is 11.5 Å². The van der Waals surface area contributed by atoms with E-state index in [1.807, 2.05) is 30.3 Å². The number of thiol groups is 1. The Bertz CT molecular complexity index is 641. The number of anilines is 1. The molecule has 0 aromatic heterocycles. The predicted molar refractivity (Wildman–Crippen MR) is 89.5 cm³/mol. The zero-order chi connectivity index (χ0) is 15.9. The van der Waals surface area contributed by atoms with E-state index < -0.39 is 5.97 Å². The maximum Gasteiger partial charge on any atom is 0.335 e. The largest absolute Gasteiger partial charge is 0.478 e. The number of aromatic carboxylic acids is 1. The second kappa shape index (κ2) is 7.66. The first-order valence-corrected chi connectivity index (χ1v) is 7.52. The van der Waals surface area contributed by atoms with E-state index in [0.717, 1.165) is 5.56 Å². The predicted octanol–water partition coefficient (Wildman–Crippen LogP) is 3.11. The first kappa shape index (κ1) is 16.1. The molecule has 1 unspecified atom stereocenters. The summed E-state index contributed by atoms with van der Waals surface area (Å²) in [5.74, 6) is -0.921. The van der Waals surface area contributed by atoms with Crippen LogP contribution in [-0.2, 0) is 11.2 Å². The van der Waals surface area contributed by atoms with Crippen molar-refractivity contribution in [3.8, 4) is 0 Å². The SMILES string of the molecule is O=C(O)c1ccc(NC(=O)C(CS)Cc2ccccc2)cc1. The number of carboxylic acid groups (broad SMARTS) is 1. The molecule has 0 aliphatic heterocycles. The molecule has 4 nitrogen and oxygen atoms in total. The van der Waals surface area contributed by atoms with Gasteiger partial charge in [-0.15, -0.1) is 0 Å². The summed E-state index contributed by atoms with van der Waals surface area (Å²) in [6.07, 6.45) is 0.614. The molecular weight excluding hydrogens is 298 g/mol. The van der Waals surface area contributed by atoms with Gasteiger partial charge in [0.2, 0.25) is 5.91 Å². The van der Waals surface area contributed by atoms with Crippen molar-refractivity contribution in [3.63, 3.8) is 0 Å². The van der Waals surface area contributed by atoms with Gasteiger partial charge in [-0.05, 0) is 36.2 Å². The second-order valence-electron chi connectivity index (χ2n) is 4.94. The van der Waals surface area contributed by atoms with Crippen molar-refractivity contribution < 1.29 is 14.7 Å². The van der Waals surface area contributed by atoms with Gasteiger partial charge in [-0.25, -0.2) is 4.79 Å². The minimum absolute atomic E-state index is 0.123. The fourth-order valence-electron chi connectivity index (χ4n) is 2.08. The summed E-state index contributed by atoms with van der Waals surface area (Å²) in [6.45, 7) is 0. The van der Waals surface area contributed by atoms with Crippen molar-refractivity contribution >= 4 is 30.2 Å². The number of carboxylic acids is 1. The molecule has 2 N–H and O–H groups in total. The number of carbonyl (C=O) groups is 2. The summed E-state index contributed by atoms with van der Waals surface area (Å²) in [5, 5.41) is 11.6. The summed E-state index contributed by atoms with van der Waals surface area (Å²) in [5.41, 5.74) is 1.85. The van der Waals surface area contributed by atoms with E-state index >= 15 is 0 Å². The Morgan fingerprint density at radius 1 is 1.05 bits per heavy atom. The van der Waals surface area contributed by atoms with Gasteiger partial charge in [0.1, 0.15) is 0 Å². The molecule has 1 amide bonds. The number of hydrogen-bond donors (Lipinski definition) is 3. The molecule has 2 rings (SSSR count). The molecule has 0 bridgehead atoms. The minimum Gasteiger partial charge on any atom is -0.478 e. The van der Waals surface area contributed by atoms with E-state index in [4.69, 9.17) is 5.11 Å². The van der Waals surface area contributed by atoms with Crippen LogP contribution in [0.25, 0.3) is 0 Å². The highest BCUT2D eigenvalue weighted by Crippen LogP contribution is 2.15. The van der Waals surface area contributed by atoms with Gasteiger partial charge < -0.3 is 10.4 Å². The molecular formula is C17H17NO3S. The van der Waals surface area contributed by atoms with Crippen LogP contribution >= 0.6 is 12.6 Å². The lowest BCUT2D eigenvalue weighted by molar-refractivity contribution is -0.119. The molecule has 0 saturated carbocycles. The maximum absolute atomic E-state index is 12.3. The van der Waals surface area contributed by atoms with E-state index in [1.54, 1.807) is 12.1 Å². The molecule has 22 heavy (non-hydrogen) atoms. The van der Waals surface area contributed by atoms with E-state index in [-0.39, 0.29) is 17.4 Å². The number of carbonyl (C=O) groups excluding carboxylic acids is 1. The van der Waals surface area contributed by atoms with Gasteiger partial charge in [0, 0.05) is 11.4 Å². The quantitative estimate of drug-likeness (QED) is 0.718. The lowest BCUT2D eigenvalue weighted by atomic mass is 10.00. The summed E-state index contributed by atoms with van der Waals surface area (Å²) >= 11 is 4.26. The highest BCUT2D eigenvalue weighted by molar-refractivity contribution is 7.80. The normalized spacial score (nSPS) is 11.7. The van der Waals surface area contributed by atoms with E-state index in [9.17, 15) is 9.59 Å². The summed E-state index contributed by atoms with van der Waals surface area (Å²) in [4.78, 5) is 23.1. The molecule has 5 heteroatoms. The van der Waals surface area contributed by atoms with Gasteiger partial charge in [-0.2, -0.15) is 12.6 Å². The Labute approximate surface area is 134 Å². The highest BCUT2D eigenvalue weighted by Gasteiger charge is 2.17. The van der Waals surface area contributed by atoms with Gasteiger partial charge in [-0.3, -0.25) is 4.79 Å². The molecule has 0 radical (unpaired) electrons. The van der Waals surface area contributed by atoms with Crippen LogP contribution in [0, 0.1) is 5.92 Å². The zero-order valence-corrected chi connectivity index (χ0v) is 12.8. The average Bonchev–Trinajstić information content (AvgIpc) is 2.54. The van der Waals surface area contributed by atoms with Crippen molar-refractivity contribution in [3.05, 3.63) is 65.7 Å². The van der Waals surface area contributed by atoms with E-state index in [0.29, 0.717) is 17.9 Å². The van der Waals surface area contributed by atoms with Gasteiger partial charge in [0.15, 0.2) is 0 Å². The smallest absolute Gasteiger partial charge is 0.335 e. The van der Waals surface area contributed by atoms with Crippen LogP contribution in [0.4, 0.5) is 5.69 Å². The van der Waals surface area contributed by atoms with Crippen molar-refractivity contribution in [2.24, 2.45) is 5.92 Å². The Hall–Kier alpha value is -2.27. The summed E-state index contributed by atoms with van der Waals surface area (Å²) in [7, 11) is 0. The van der Waals surface area contributed by atoms with Crippen LogP contribution < -0.4 is 5.32 Å². The molecule has 0 spiro atoms. The lowest BCUT2D eigenvalue weighted by Gasteiger charge is -2.15. The molecule has 2 aromatic carbocycles. The number of nitrogens with one attached hydrogen (secondary N) is 1. The average molecular weight is 315 g/mol. The van der Waals surface area contributed by atoms with E-state index in [2.05, 4.69) is 17.9 Å². The molecule has 0 aliphatic rings. The standard InChI is InChI=1S/C17H17NO3S/c19-16(14(11-22)10-12-4-2-1-3-5-12)18-15-8-6-13(7-9-15)17(20)21/h1-9,14,22H,10-11H2,(H,18,19)(H,20,21). The summed E-state index contributed by atoms with van der Waals surface area (Å²) in [6, 6.07) is 15.9. The summed E-state index contributed by atoms with van der Waals surface area (Å²) < 4.78 is 0. The third kappa shape index (κ3) is 4.36. The van der Waals surface area contributed by atoms with Gasteiger partial charge in [0.25, 0.3) is 0 Å². The van der Waals surface area contributed by atoms with Crippen LogP contribution in [0.2, 0.25) is 0 Å². The van der Waals surface area contributed by atoms with Crippen LogP contribution in [0.5, 0.6) is 0 Å². The van der Waals surface area contributed by atoms with Crippen molar-refractivity contribution in [1.29, 1.82) is 0 Å². The molecule has 0 aliphatic carbocycles.